The molecule has 0 saturated heterocycles. The quantitative estimate of drug-likeness (QED) is 0.845. The predicted molar refractivity (Wildman–Crippen MR) is 83.8 cm³/mol. The van der Waals surface area contributed by atoms with Gasteiger partial charge in [0.15, 0.2) is 0 Å². The van der Waals surface area contributed by atoms with Crippen LogP contribution in [0.2, 0.25) is 0 Å². The van der Waals surface area contributed by atoms with Crippen molar-refractivity contribution in [1.29, 1.82) is 0 Å². The lowest BCUT2D eigenvalue weighted by Gasteiger charge is -2.25. The molecule has 1 aliphatic rings. The van der Waals surface area contributed by atoms with Crippen molar-refractivity contribution in [3.63, 3.8) is 0 Å². The van der Waals surface area contributed by atoms with E-state index in [0.717, 1.165) is 36.9 Å². The number of hydrogen-bond donors (Lipinski definition) is 1. The number of nitrogens with zero attached hydrogens (tertiary/aromatic N) is 1. The van der Waals surface area contributed by atoms with Crippen LogP contribution in [0.4, 0.5) is 5.69 Å². The fraction of sp³-hybridized carbons (Fsp3) is 0.529. The molecule has 1 N–H and O–H groups in total. The first-order chi connectivity index (χ1) is 10.1. The lowest BCUT2D eigenvalue weighted by atomic mass is 10.1. The standard InChI is InChI=1S/C17H24N2O2/c1-3-4-5-6-11-16(20)19-12-14-9-7-8-10-15(14)18-17(21)13(19)2/h7-10,13H,3-6,11-12H2,1-2H3,(H,18,21). The lowest BCUT2D eigenvalue weighted by molar-refractivity contribution is -0.138. The number of unbranched alkanes of at least 4 members (excludes halogenated alkanes) is 3. The molecule has 0 aliphatic carbocycles. The monoisotopic (exact) mass is 288 g/mol. The van der Waals surface area contributed by atoms with E-state index < -0.39 is 6.04 Å². The Morgan fingerprint density at radius 2 is 2.05 bits per heavy atom. The molecule has 0 aromatic heterocycles. The topological polar surface area (TPSA) is 49.4 Å². The SMILES string of the molecule is CCCCCCC(=O)N1Cc2ccccc2NC(=O)C1C. The van der Waals surface area contributed by atoms with E-state index in [1.165, 1.54) is 0 Å². The van der Waals surface area contributed by atoms with Gasteiger partial charge in [-0.25, -0.2) is 0 Å². The molecule has 1 unspecified atom stereocenters. The smallest absolute Gasteiger partial charge is 0.246 e. The van der Waals surface area contributed by atoms with Gasteiger partial charge in [0, 0.05) is 18.7 Å². The highest BCUT2D eigenvalue weighted by atomic mass is 16.2. The summed E-state index contributed by atoms with van der Waals surface area (Å²) in [5.41, 5.74) is 1.81. The zero-order valence-electron chi connectivity index (χ0n) is 12.9. The maximum atomic E-state index is 12.4. The minimum Gasteiger partial charge on any atom is -0.327 e. The molecule has 1 aromatic rings. The number of anilines is 1. The van der Waals surface area contributed by atoms with Crippen molar-refractivity contribution in [2.45, 2.75) is 58.5 Å². The summed E-state index contributed by atoms with van der Waals surface area (Å²) < 4.78 is 0. The summed E-state index contributed by atoms with van der Waals surface area (Å²) in [6.45, 7) is 4.45. The second-order valence-corrected chi connectivity index (χ2v) is 5.65. The summed E-state index contributed by atoms with van der Waals surface area (Å²) in [6.07, 6.45) is 4.82. The highest BCUT2D eigenvalue weighted by molar-refractivity contribution is 5.98. The highest BCUT2D eigenvalue weighted by Crippen LogP contribution is 2.23. The molecule has 0 radical (unpaired) electrons. The van der Waals surface area contributed by atoms with Crippen molar-refractivity contribution in [2.75, 3.05) is 5.32 Å². The maximum Gasteiger partial charge on any atom is 0.246 e. The van der Waals surface area contributed by atoms with Crippen LogP contribution < -0.4 is 5.32 Å². The molecule has 0 fully saturated rings. The summed E-state index contributed by atoms with van der Waals surface area (Å²) in [5.74, 6) is -0.0349. The van der Waals surface area contributed by atoms with Gasteiger partial charge >= 0.3 is 0 Å². The number of hydrogen-bond acceptors (Lipinski definition) is 2. The number of fused-ring (bicyclic) bond motifs is 1. The van der Waals surface area contributed by atoms with Gasteiger partial charge in [-0.05, 0) is 25.0 Å². The zero-order chi connectivity index (χ0) is 15.2. The lowest BCUT2D eigenvalue weighted by Crippen LogP contribution is -2.43. The molecule has 4 nitrogen and oxygen atoms in total. The number of amides is 2. The molecule has 1 heterocycles. The Morgan fingerprint density at radius 1 is 1.29 bits per heavy atom. The molecule has 4 heteroatoms. The fourth-order valence-electron chi connectivity index (χ4n) is 2.63. The zero-order valence-corrected chi connectivity index (χ0v) is 12.9. The summed E-state index contributed by atoms with van der Waals surface area (Å²) in [5, 5.41) is 2.90. The summed E-state index contributed by atoms with van der Waals surface area (Å²) in [6, 6.07) is 7.26. The molecular weight excluding hydrogens is 264 g/mol. The molecule has 1 atom stereocenters. The highest BCUT2D eigenvalue weighted by Gasteiger charge is 2.29. The van der Waals surface area contributed by atoms with Crippen LogP contribution in [-0.2, 0) is 16.1 Å². The third-order valence-electron chi connectivity index (χ3n) is 4.03. The van der Waals surface area contributed by atoms with Crippen molar-refractivity contribution < 1.29 is 9.59 Å². The van der Waals surface area contributed by atoms with Crippen molar-refractivity contribution in [1.82, 2.24) is 4.90 Å². The van der Waals surface area contributed by atoms with Gasteiger partial charge in [0.05, 0.1) is 0 Å². The number of carbonyl (C=O) groups excluding carboxylic acids is 2. The number of para-hydroxylation sites is 1. The van der Waals surface area contributed by atoms with Gasteiger partial charge in [-0.3, -0.25) is 9.59 Å². The Hall–Kier alpha value is -1.84. The Labute approximate surface area is 126 Å². The Kier molecular flexibility index (Phi) is 5.37. The van der Waals surface area contributed by atoms with Gasteiger partial charge in [0.1, 0.15) is 6.04 Å². The van der Waals surface area contributed by atoms with E-state index in [2.05, 4.69) is 12.2 Å². The van der Waals surface area contributed by atoms with E-state index >= 15 is 0 Å². The minimum atomic E-state index is -0.420. The maximum absolute atomic E-state index is 12.4. The van der Waals surface area contributed by atoms with Crippen LogP contribution in [0.15, 0.2) is 24.3 Å². The first-order valence-corrected chi connectivity index (χ1v) is 7.81. The van der Waals surface area contributed by atoms with Crippen molar-refractivity contribution in [2.24, 2.45) is 0 Å². The van der Waals surface area contributed by atoms with Gasteiger partial charge in [-0.1, -0.05) is 44.4 Å². The molecule has 2 amide bonds. The molecule has 0 spiro atoms. The Morgan fingerprint density at radius 3 is 2.81 bits per heavy atom. The average molecular weight is 288 g/mol. The van der Waals surface area contributed by atoms with Crippen LogP contribution in [0.3, 0.4) is 0 Å². The second kappa shape index (κ2) is 7.25. The normalized spacial score (nSPS) is 17.9. The van der Waals surface area contributed by atoms with Crippen LogP contribution in [-0.4, -0.2) is 22.8 Å². The van der Waals surface area contributed by atoms with Crippen LogP contribution in [0.25, 0.3) is 0 Å². The van der Waals surface area contributed by atoms with E-state index in [0.29, 0.717) is 13.0 Å². The molecule has 1 aliphatic heterocycles. The molecule has 21 heavy (non-hydrogen) atoms. The van der Waals surface area contributed by atoms with E-state index in [4.69, 9.17) is 0 Å². The average Bonchev–Trinajstić information content (AvgIpc) is 2.61. The number of carbonyl (C=O) groups is 2. The van der Waals surface area contributed by atoms with Crippen molar-refractivity contribution >= 4 is 17.5 Å². The van der Waals surface area contributed by atoms with Crippen LogP contribution >= 0.6 is 0 Å². The first-order valence-electron chi connectivity index (χ1n) is 7.81. The van der Waals surface area contributed by atoms with E-state index in [9.17, 15) is 9.59 Å². The number of rotatable bonds is 5. The fourth-order valence-corrected chi connectivity index (χ4v) is 2.63. The Bertz CT molecular complexity index is 513. The van der Waals surface area contributed by atoms with Crippen LogP contribution in [0, 0.1) is 0 Å². The third-order valence-corrected chi connectivity index (χ3v) is 4.03. The number of nitrogens with one attached hydrogen (secondary N) is 1. The first kappa shape index (κ1) is 15.5. The largest absolute Gasteiger partial charge is 0.327 e. The Balaban J connectivity index is 2.07. The molecule has 1 aromatic carbocycles. The molecule has 0 bridgehead atoms. The summed E-state index contributed by atoms with van der Waals surface area (Å²) in [7, 11) is 0. The molecule has 114 valence electrons. The minimum absolute atomic E-state index is 0.0745. The van der Waals surface area contributed by atoms with E-state index in [-0.39, 0.29) is 11.8 Å². The van der Waals surface area contributed by atoms with Crippen molar-refractivity contribution in [3.8, 4) is 0 Å². The molecule has 2 rings (SSSR count). The van der Waals surface area contributed by atoms with E-state index in [1.807, 2.05) is 24.3 Å². The van der Waals surface area contributed by atoms with E-state index in [1.54, 1.807) is 11.8 Å². The van der Waals surface area contributed by atoms with Crippen LogP contribution in [0.1, 0.15) is 51.5 Å². The summed E-state index contributed by atoms with van der Waals surface area (Å²) >= 11 is 0. The van der Waals surface area contributed by atoms with Gasteiger partial charge in [-0.2, -0.15) is 0 Å². The molecular formula is C17H24N2O2. The second-order valence-electron chi connectivity index (χ2n) is 5.65. The number of benzene rings is 1. The van der Waals surface area contributed by atoms with Gasteiger partial charge in [0.2, 0.25) is 11.8 Å². The van der Waals surface area contributed by atoms with Gasteiger partial charge in [-0.15, -0.1) is 0 Å². The van der Waals surface area contributed by atoms with Gasteiger partial charge < -0.3 is 10.2 Å². The summed E-state index contributed by atoms with van der Waals surface area (Å²) in [4.78, 5) is 26.3. The molecule has 0 saturated carbocycles. The van der Waals surface area contributed by atoms with Crippen LogP contribution in [0.5, 0.6) is 0 Å². The van der Waals surface area contributed by atoms with Gasteiger partial charge in [0.25, 0.3) is 0 Å². The predicted octanol–water partition coefficient (Wildman–Crippen LogP) is 3.33. The third kappa shape index (κ3) is 3.84. The van der Waals surface area contributed by atoms with Crippen molar-refractivity contribution in [3.05, 3.63) is 29.8 Å².